The predicted octanol–water partition coefficient (Wildman–Crippen LogP) is 2.71. The minimum absolute atomic E-state index is 0.361. The fourth-order valence-corrected chi connectivity index (χ4v) is 3.90. The van der Waals surface area contributed by atoms with Crippen molar-refractivity contribution in [3.05, 3.63) is 11.6 Å². The molecular weight excluding hydrogens is 160 g/mol. The Kier molecular flexibility index (Phi) is 1.35. The van der Waals surface area contributed by atoms with E-state index in [1.165, 1.54) is 24.8 Å². The molecule has 13 heavy (non-hydrogen) atoms. The van der Waals surface area contributed by atoms with Gasteiger partial charge in [0.1, 0.15) is 0 Å². The molecule has 0 amide bonds. The first-order valence-corrected chi connectivity index (χ1v) is 5.48. The standard InChI is InChI=1S/C12H16O/c1-12-7-3-6-10(12)11(13)8-4-2-5-9(8)12/h4,9-10H,2-3,5-7H2,1H3. The Labute approximate surface area is 79.2 Å². The van der Waals surface area contributed by atoms with E-state index in [9.17, 15) is 4.79 Å². The van der Waals surface area contributed by atoms with Crippen molar-refractivity contribution in [2.45, 2.75) is 39.0 Å². The molecule has 70 valence electrons. The summed E-state index contributed by atoms with van der Waals surface area (Å²) in [5.74, 6) is 1.53. The normalized spacial score (nSPS) is 47.8. The Hall–Kier alpha value is -0.590. The molecule has 2 saturated carbocycles. The third-order valence-corrected chi connectivity index (χ3v) is 4.60. The Bertz CT molecular complexity index is 302. The average molecular weight is 176 g/mol. The second-order valence-corrected chi connectivity index (χ2v) is 5.10. The Balaban J connectivity index is 2.10. The van der Waals surface area contributed by atoms with Gasteiger partial charge in [-0.15, -0.1) is 0 Å². The maximum Gasteiger partial charge on any atom is 0.162 e. The molecular formula is C12H16O. The highest BCUT2D eigenvalue weighted by Crippen LogP contribution is 2.60. The first-order chi connectivity index (χ1) is 6.23. The van der Waals surface area contributed by atoms with Crippen LogP contribution in [0.2, 0.25) is 0 Å². The van der Waals surface area contributed by atoms with Crippen LogP contribution < -0.4 is 0 Å². The number of hydrogen-bond acceptors (Lipinski definition) is 1. The van der Waals surface area contributed by atoms with Crippen molar-refractivity contribution in [2.75, 3.05) is 0 Å². The lowest BCUT2D eigenvalue weighted by Crippen LogP contribution is -2.24. The number of carbonyl (C=O) groups excluding carboxylic acids is 1. The highest BCUT2D eigenvalue weighted by molar-refractivity contribution is 6.01. The maximum absolute atomic E-state index is 12.0. The molecule has 0 aromatic carbocycles. The largest absolute Gasteiger partial charge is 0.294 e. The summed E-state index contributed by atoms with van der Waals surface area (Å²) in [6.07, 6.45) is 8.31. The Morgan fingerprint density at radius 2 is 2.23 bits per heavy atom. The van der Waals surface area contributed by atoms with Gasteiger partial charge < -0.3 is 0 Å². The van der Waals surface area contributed by atoms with Gasteiger partial charge in [0.05, 0.1) is 0 Å². The summed E-state index contributed by atoms with van der Waals surface area (Å²) in [5.41, 5.74) is 1.56. The molecule has 0 spiro atoms. The lowest BCUT2D eigenvalue weighted by molar-refractivity contribution is -0.119. The number of ketones is 1. The molecule has 0 heterocycles. The first-order valence-electron chi connectivity index (χ1n) is 5.48. The Morgan fingerprint density at radius 1 is 1.38 bits per heavy atom. The molecule has 3 atom stereocenters. The van der Waals surface area contributed by atoms with Crippen molar-refractivity contribution in [3.8, 4) is 0 Å². The molecule has 0 aliphatic heterocycles. The molecule has 1 heteroatoms. The summed E-state index contributed by atoms with van der Waals surface area (Å²) in [6.45, 7) is 2.35. The summed E-state index contributed by atoms with van der Waals surface area (Å²) >= 11 is 0. The third kappa shape index (κ3) is 0.762. The van der Waals surface area contributed by atoms with Gasteiger partial charge in [-0.25, -0.2) is 0 Å². The summed E-state index contributed by atoms with van der Waals surface area (Å²) < 4.78 is 0. The smallest absolute Gasteiger partial charge is 0.162 e. The van der Waals surface area contributed by atoms with E-state index in [-0.39, 0.29) is 0 Å². The van der Waals surface area contributed by atoms with Crippen LogP contribution in [-0.2, 0) is 4.79 Å². The summed E-state index contributed by atoms with van der Waals surface area (Å²) in [4.78, 5) is 12.0. The molecule has 3 rings (SSSR count). The molecule has 1 nitrogen and oxygen atoms in total. The fourth-order valence-electron chi connectivity index (χ4n) is 3.90. The zero-order valence-electron chi connectivity index (χ0n) is 8.18. The minimum atomic E-state index is 0.361. The number of fused-ring (bicyclic) bond motifs is 3. The molecule has 3 unspecified atom stereocenters. The lowest BCUT2D eigenvalue weighted by atomic mass is 9.74. The second-order valence-electron chi connectivity index (χ2n) is 5.10. The molecule has 3 aliphatic carbocycles. The summed E-state index contributed by atoms with van der Waals surface area (Å²) in [7, 11) is 0. The number of carbonyl (C=O) groups is 1. The van der Waals surface area contributed by atoms with Crippen molar-refractivity contribution in [3.63, 3.8) is 0 Å². The van der Waals surface area contributed by atoms with Gasteiger partial charge in [0.15, 0.2) is 5.78 Å². The van der Waals surface area contributed by atoms with E-state index in [0.29, 0.717) is 23.0 Å². The molecule has 0 saturated heterocycles. The van der Waals surface area contributed by atoms with Crippen LogP contribution in [0, 0.1) is 17.3 Å². The van der Waals surface area contributed by atoms with Gasteiger partial charge in [-0.1, -0.05) is 19.4 Å². The van der Waals surface area contributed by atoms with Gasteiger partial charge in [0, 0.05) is 5.92 Å². The monoisotopic (exact) mass is 176 g/mol. The van der Waals surface area contributed by atoms with Crippen molar-refractivity contribution in [1.29, 1.82) is 0 Å². The highest BCUT2D eigenvalue weighted by Gasteiger charge is 2.57. The van der Waals surface area contributed by atoms with E-state index in [4.69, 9.17) is 0 Å². The molecule has 0 bridgehead atoms. The van der Waals surface area contributed by atoms with Crippen molar-refractivity contribution in [1.82, 2.24) is 0 Å². The maximum atomic E-state index is 12.0. The van der Waals surface area contributed by atoms with Crippen LogP contribution in [0.1, 0.15) is 39.0 Å². The van der Waals surface area contributed by atoms with Crippen LogP contribution in [-0.4, -0.2) is 5.78 Å². The molecule has 0 aromatic rings. The number of Topliss-reactive ketones (excluding diaryl/α,β-unsaturated/α-hetero) is 1. The molecule has 0 aromatic heterocycles. The van der Waals surface area contributed by atoms with Gasteiger partial charge >= 0.3 is 0 Å². The van der Waals surface area contributed by atoms with E-state index in [1.54, 1.807) is 0 Å². The van der Waals surface area contributed by atoms with Crippen molar-refractivity contribution < 1.29 is 4.79 Å². The van der Waals surface area contributed by atoms with Crippen LogP contribution in [0.15, 0.2) is 11.6 Å². The molecule has 2 fully saturated rings. The number of allylic oxidation sites excluding steroid dienone is 2. The van der Waals surface area contributed by atoms with Crippen LogP contribution in [0.3, 0.4) is 0 Å². The summed E-state index contributed by atoms with van der Waals surface area (Å²) in [5, 5.41) is 0. The summed E-state index contributed by atoms with van der Waals surface area (Å²) in [6, 6.07) is 0. The average Bonchev–Trinajstić information content (AvgIpc) is 2.71. The van der Waals surface area contributed by atoms with Gasteiger partial charge in [0.25, 0.3) is 0 Å². The van der Waals surface area contributed by atoms with Crippen LogP contribution >= 0.6 is 0 Å². The number of rotatable bonds is 0. The van der Waals surface area contributed by atoms with Crippen LogP contribution in [0.5, 0.6) is 0 Å². The SMILES string of the molecule is CC12CCCC1C(=O)C1=CCCC12. The number of hydrogen-bond donors (Lipinski definition) is 0. The lowest BCUT2D eigenvalue weighted by Gasteiger charge is -2.28. The third-order valence-electron chi connectivity index (χ3n) is 4.60. The first kappa shape index (κ1) is 7.78. The quantitative estimate of drug-likeness (QED) is 0.554. The van der Waals surface area contributed by atoms with E-state index >= 15 is 0 Å². The minimum Gasteiger partial charge on any atom is -0.294 e. The molecule has 3 aliphatic rings. The van der Waals surface area contributed by atoms with Crippen LogP contribution in [0.4, 0.5) is 0 Å². The topological polar surface area (TPSA) is 17.1 Å². The van der Waals surface area contributed by atoms with Gasteiger partial charge in [-0.05, 0) is 42.6 Å². The van der Waals surface area contributed by atoms with Gasteiger partial charge in [-0.3, -0.25) is 4.79 Å². The van der Waals surface area contributed by atoms with Crippen molar-refractivity contribution >= 4 is 5.78 Å². The molecule has 0 radical (unpaired) electrons. The van der Waals surface area contributed by atoms with E-state index in [0.717, 1.165) is 12.8 Å². The van der Waals surface area contributed by atoms with E-state index in [2.05, 4.69) is 13.0 Å². The second kappa shape index (κ2) is 2.26. The van der Waals surface area contributed by atoms with Gasteiger partial charge in [-0.2, -0.15) is 0 Å². The van der Waals surface area contributed by atoms with Crippen LogP contribution in [0.25, 0.3) is 0 Å². The zero-order chi connectivity index (χ0) is 9.05. The highest BCUT2D eigenvalue weighted by atomic mass is 16.1. The van der Waals surface area contributed by atoms with E-state index in [1.807, 2.05) is 0 Å². The molecule has 0 N–H and O–H groups in total. The van der Waals surface area contributed by atoms with Gasteiger partial charge in [0.2, 0.25) is 0 Å². The van der Waals surface area contributed by atoms with E-state index < -0.39 is 0 Å². The van der Waals surface area contributed by atoms with Crippen molar-refractivity contribution in [2.24, 2.45) is 17.3 Å². The fraction of sp³-hybridized carbons (Fsp3) is 0.750. The Morgan fingerprint density at radius 3 is 3.08 bits per heavy atom. The zero-order valence-corrected chi connectivity index (χ0v) is 8.18. The predicted molar refractivity (Wildman–Crippen MR) is 51.3 cm³/mol.